The van der Waals surface area contributed by atoms with Gasteiger partial charge < -0.3 is 15.6 Å². The van der Waals surface area contributed by atoms with Gasteiger partial charge in [0.1, 0.15) is 18.2 Å². The van der Waals surface area contributed by atoms with E-state index in [1.165, 1.54) is 13.2 Å². The Labute approximate surface area is 81.3 Å². The standard InChI is InChI=1S/C10H10FNO2/c1-14-10-5-7(3-2-4-13)8(11)6-9(10)12/h5-6,13H,4,12H2,1H3. The quantitative estimate of drug-likeness (QED) is 0.514. The summed E-state index contributed by atoms with van der Waals surface area (Å²) in [6, 6.07) is 2.54. The number of hydrogen-bond acceptors (Lipinski definition) is 3. The van der Waals surface area contributed by atoms with Crippen LogP contribution >= 0.6 is 0 Å². The fraction of sp³-hybridized carbons (Fsp3) is 0.200. The lowest BCUT2D eigenvalue weighted by atomic mass is 10.2. The molecule has 0 amide bonds. The van der Waals surface area contributed by atoms with Crippen molar-refractivity contribution in [2.75, 3.05) is 19.5 Å². The van der Waals surface area contributed by atoms with Crippen LogP contribution in [0.1, 0.15) is 5.56 Å². The minimum absolute atomic E-state index is 0.158. The molecule has 0 aliphatic rings. The number of aliphatic hydroxyl groups is 1. The van der Waals surface area contributed by atoms with Crippen LogP contribution in [0.15, 0.2) is 12.1 Å². The van der Waals surface area contributed by atoms with Gasteiger partial charge in [-0.2, -0.15) is 0 Å². The number of nitrogen functional groups attached to an aromatic ring is 1. The van der Waals surface area contributed by atoms with Crippen molar-refractivity contribution < 1.29 is 14.2 Å². The topological polar surface area (TPSA) is 55.5 Å². The van der Waals surface area contributed by atoms with Gasteiger partial charge in [-0.3, -0.25) is 0 Å². The molecule has 1 rings (SSSR count). The minimum Gasteiger partial charge on any atom is -0.495 e. The third-order valence-electron chi connectivity index (χ3n) is 1.62. The first-order valence-corrected chi connectivity index (χ1v) is 3.91. The Hall–Kier alpha value is -1.73. The van der Waals surface area contributed by atoms with Crippen LogP contribution in [0.25, 0.3) is 0 Å². The molecule has 0 aliphatic carbocycles. The Balaban J connectivity index is 3.17. The van der Waals surface area contributed by atoms with Crippen molar-refractivity contribution in [3.63, 3.8) is 0 Å². The number of hydrogen-bond donors (Lipinski definition) is 2. The first-order chi connectivity index (χ1) is 6.69. The number of anilines is 1. The van der Waals surface area contributed by atoms with E-state index in [0.29, 0.717) is 5.75 Å². The molecule has 0 radical (unpaired) electrons. The molecule has 0 saturated heterocycles. The Kier molecular flexibility index (Phi) is 3.32. The first kappa shape index (κ1) is 10.4. The molecule has 0 bridgehead atoms. The molecule has 0 saturated carbocycles. The average molecular weight is 195 g/mol. The molecule has 1 aromatic carbocycles. The molecule has 14 heavy (non-hydrogen) atoms. The highest BCUT2D eigenvalue weighted by Gasteiger charge is 2.05. The molecule has 4 heteroatoms. The number of rotatable bonds is 1. The Bertz CT molecular complexity index is 393. The van der Waals surface area contributed by atoms with E-state index in [1.807, 2.05) is 0 Å². The van der Waals surface area contributed by atoms with Gasteiger partial charge in [-0.05, 0) is 0 Å². The van der Waals surface area contributed by atoms with Crippen molar-refractivity contribution in [2.24, 2.45) is 0 Å². The lowest BCUT2D eigenvalue weighted by molar-refractivity contribution is 0.350. The Morgan fingerprint density at radius 2 is 2.29 bits per heavy atom. The van der Waals surface area contributed by atoms with Crippen molar-refractivity contribution >= 4 is 5.69 Å². The molecule has 0 aromatic heterocycles. The highest BCUT2D eigenvalue weighted by molar-refractivity contribution is 5.57. The van der Waals surface area contributed by atoms with E-state index in [2.05, 4.69) is 11.8 Å². The molecular formula is C10H10FNO2. The second kappa shape index (κ2) is 4.49. The Morgan fingerprint density at radius 1 is 1.57 bits per heavy atom. The van der Waals surface area contributed by atoms with Gasteiger partial charge in [0, 0.05) is 12.1 Å². The number of halogens is 1. The molecule has 0 aliphatic heterocycles. The summed E-state index contributed by atoms with van der Waals surface area (Å²) in [7, 11) is 1.44. The summed E-state index contributed by atoms with van der Waals surface area (Å²) in [5.41, 5.74) is 5.85. The maximum atomic E-state index is 13.2. The maximum absolute atomic E-state index is 13.2. The lowest BCUT2D eigenvalue weighted by Gasteiger charge is -2.04. The smallest absolute Gasteiger partial charge is 0.143 e. The van der Waals surface area contributed by atoms with Crippen molar-refractivity contribution in [2.45, 2.75) is 0 Å². The first-order valence-electron chi connectivity index (χ1n) is 3.91. The van der Waals surface area contributed by atoms with Crippen LogP contribution in [0.3, 0.4) is 0 Å². The molecular weight excluding hydrogens is 185 g/mol. The van der Waals surface area contributed by atoms with E-state index >= 15 is 0 Å². The van der Waals surface area contributed by atoms with E-state index in [4.69, 9.17) is 15.6 Å². The minimum atomic E-state index is -0.524. The van der Waals surface area contributed by atoms with Gasteiger partial charge in [0.25, 0.3) is 0 Å². The monoisotopic (exact) mass is 195 g/mol. The van der Waals surface area contributed by atoms with E-state index in [9.17, 15) is 4.39 Å². The number of aliphatic hydroxyl groups excluding tert-OH is 1. The van der Waals surface area contributed by atoms with Crippen molar-refractivity contribution in [1.82, 2.24) is 0 Å². The summed E-state index contributed by atoms with van der Waals surface area (Å²) in [5, 5.41) is 8.45. The van der Waals surface area contributed by atoms with Gasteiger partial charge in [-0.15, -0.1) is 0 Å². The van der Waals surface area contributed by atoms with Crippen LogP contribution in [-0.2, 0) is 0 Å². The van der Waals surface area contributed by atoms with Crippen LogP contribution < -0.4 is 10.5 Å². The van der Waals surface area contributed by atoms with Crippen LogP contribution in [0.4, 0.5) is 10.1 Å². The van der Waals surface area contributed by atoms with E-state index in [-0.39, 0.29) is 17.9 Å². The van der Waals surface area contributed by atoms with E-state index in [1.54, 1.807) is 0 Å². The van der Waals surface area contributed by atoms with E-state index < -0.39 is 5.82 Å². The van der Waals surface area contributed by atoms with Crippen LogP contribution in [0.2, 0.25) is 0 Å². The van der Waals surface area contributed by atoms with E-state index in [0.717, 1.165) is 6.07 Å². The van der Waals surface area contributed by atoms with Gasteiger partial charge in [-0.25, -0.2) is 4.39 Å². The molecule has 0 fully saturated rings. The average Bonchev–Trinajstić information content (AvgIpc) is 2.17. The summed E-state index contributed by atoms with van der Waals surface area (Å²) in [6.45, 7) is -0.313. The number of benzene rings is 1. The van der Waals surface area contributed by atoms with Gasteiger partial charge in [0.15, 0.2) is 0 Å². The van der Waals surface area contributed by atoms with Crippen molar-refractivity contribution in [3.05, 3.63) is 23.5 Å². The Morgan fingerprint density at radius 3 is 2.86 bits per heavy atom. The third kappa shape index (κ3) is 2.15. The molecule has 0 unspecified atom stereocenters. The van der Waals surface area contributed by atoms with Crippen LogP contribution in [0.5, 0.6) is 5.75 Å². The third-order valence-corrected chi connectivity index (χ3v) is 1.62. The highest BCUT2D eigenvalue weighted by Crippen LogP contribution is 2.24. The van der Waals surface area contributed by atoms with Crippen LogP contribution in [0, 0.1) is 17.7 Å². The highest BCUT2D eigenvalue weighted by atomic mass is 19.1. The summed E-state index contributed by atoms with van der Waals surface area (Å²) in [4.78, 5) is 0. The summed E-state index contributed by atoms with van der Waals surface area (Å²) in [6.07, 6.45) is 0. The van der Waals surface area contributed by atoms with Gasteiger partial charge in [0.05, 0.1) is 18.4 Å². The second-order valence-corrected chi connectivity index (χ2v) is 2.53. The fourth-order valence-electron chi connectivity index (χ4n) is 0.976. The van der Waals surface area contributed by atoms with Gasteiger partial charge in [-0.1, -0.05) is 11.8 Å². The molecule has 74 valence electrons. The molecule has 0 spiro atoms. The largest absolute Gasteiger partial charge is 0.495 e. The number of nitrogens with two attached hydrogens (primary N) is 1. The summed E-state index contributed by atoms with van der Waals surface area (Å²) in [5.74, 6) is 4.64. The molecule has 3 N–H and O–H groups in total. The normalized spacial score (nSPS) is 9.07. The number of methoxy groups -OCH3 is 1. The fourth-order valence-corrected chi connectivity index (χ4v) is 0.976. The van der Waals surface area contributed by atoms with Crippen molar-refractivity contribution in [3.8, 4) is 17.6 Å². The SMILES string of the molecule is COc1cc(C#CCO)c(F)cc1N. The zero-order valence-corrected chi connectivity index (χ0v) is 7.67. The van der Waals surface area contributed by atoms with Gasteiger partial charge in [0.2, 0.25) is 0 Å². The van der Waals surface area contributed by atoms with Crippen molar-refractivity contribution in [1.29, 1.82) is 0 Å². The summed E-state index contributed by atoms with van der Waals surface area (Å²) < 4.78 is 18.1. The molecule has 1 aromatic rings. The van der Waals surface area contributed by atoms with Crippen LogP contribution in [-0.4, -0.2) is 18.8 Å². The maximum Gasteiger partial charge on any atom is 0.143 e. The predicted molar refractivity (Wildman–Crippen MR) is 51.3 cm³/mol. The zero-order chi connectivity index (χ0) is 10.6. The second-order valence-electron chi connectivity index (χ2n) is 2.53. The molecule has 0 heterocycles. The predicted octanol–water partition coefficient (Wildman–Crippen LogP) is 0.760. The molecule has 0 atom stereocenters. The number of ether oxygens (including phenoxy) is 1. The van der Waals surface area contributed by atoms with Gasteiger partial charge >= 0.3 is 0 Å². The zero-order valence-electron chi connectivity index (χ0n) is 7.67. The summed E-state index contributed by atoms with van der Waals surface area (Å²) >= 11 is 0. The molecule has 3 nitrogen and oxygen atoms in total. The lowest BCUT2D eigenvalue weighted by Crippen LogP contribution is -1.95.